The molecular formula is C26H28N2O6. The van der Waals surface area contributed by atoms with E-state index in [4.69, 9.17) is 4.74 Å². The number of hydrogen-bond acceptors (Lipinski definition) is 5. The van der Waals surface area contributed by atoms with E-state index in [0.717, 1.165) is 11.1 Å². The van der Waals surface area contributed by atoms with Gasteiger partial charge in [0.1, 0.15) is 5.60 Å². The molecule has 34 heavy (non-hydrogen) atoms. The van der Waals surface area contributed by atoms with Crippen molar-refractivity contribution in [2.75, 3.05) is 0 Å². The van der Waals surface area contributed by atoms with Crippen molar-refractivity contribution >= 4 is 22.8 Å². The summed E-state index contributed by atoms with van der Waals surface area (Å²) in [6, 6.07) is 13.1. The summed E-state index contributed by atoms with van der Waals surface area (Å²) in [5.41, 5.74) is 1.10. The Morgan fingerprint density at radius 3 is 2.50 bits per heavy atom. The van der Waals surface area contributed by atoms with E-state index in [9.17, 15) is 24.6 Å². The molecule has 8 nitrogen and oxygen atoms in total. The average molecular weight is 465 g/mol. The number of fused-ring (bicyclic) bond motifs is 2. The number of aliphatic hydroxyl groups excluding tert-OH is 1. The number of hydrogen-bond donors (Lipinski definition) is 2. The molecule has 0 saturated heterocycles. The van der Waals surface area contributed by atoms with E-state index in [2.05, 4.69) is 0 Å². The molecule has 1 aromatic heterocycles. The number of rotatable bonds is 4. The molecule has 1 amide bonds. The summed E-state index contributed by atoms with van der Waals surface area (Å²) in [5.74, 6) is -1.07. The molecule has 8 heteroatoms. The maximum atomic E-state index is 13.0. The fraction of sp³-hybridized carbons (Fsp3) is 0.346. The topological polar surface area (TPSA) is 109 Å². The third-order valence-electron chi connectivity index (χ3n) is 5.97. The van der Waals surface area contributed by atoms with Crippen molar-refractivity contribution in [3.8, 4) is 0 Å². The van der Waals surface area contributed by atoms with Gasteiger partial charge in [-0.05, 0) is 68.0 Å². The van der Waals surface area contributed by atoms with Crippen molar-refractivity contribution < 1.29 is 24.5 Å². The second-order valence-corrected chi connectivity index (χ2v) is 9.60. The summed E-state index contributed by atoms with van der Waals surface area (Å²) in [5, 5.41) is 21.3. The zero-order valence-electron chi connectivity index (χ0n) is 19.4. The number of aromatic carboxylic acids is 1. The van der Waals surface area contributed by atoms with Crippen molar-refractivity contribution in [3.05, 3.63) is 81.8 Å². The predicted octanol–water partition coefficient (Wildman–Crippen LogP) is 3.42. The van der Waals surface area contributed by atoms with Crippen molar-refractivity contribution in [2.24, 2.45) is 0 Å². The zero-order chi connectivity index (χ0) is 24.6. The Morgan fingerprint density at radius 1 is 1.12 bits per heavy atom. The van der Waals surface area contributed by atoms with Crippen LogP contribution < -0.4 is 5.56 Å². The van der Waals surface area contributed by atoms with E-state index in [1.165, 1.54) is 33.9 Å². The number of benzene rings is 2. The average Bonchev–Trinajstić information content (AvgIpc) is 2.78. The van der Waals surface area contributed by atoms with Crippen molar-refractivity contribution in [1.29, 1.82) is 0 Å². The molecule has 2 unspecified atom stereocenters. The summed E-state index contributed by atoms with van der Waals surface area (Å²) in [6.45, 7) is 5.65. The van der Waals surface area contributed by atoms with E-state index < -0.39 is 29.8 Å². The minimum atomic E-state index is -1.07. The first-order valence-electron chi connectivity index (χ1n) is 11.1. The van der Waals surface area contributed by atoms with Crippen LogP contribution in [0.3, 0.4) is 0 Å². The SMILES string of the molecule is CC(C)(C)OC(=O)N1Cc2ccccc2CC1C(O)Cn1ccc2cc(C(=O)O)ccc2c1=O. The summed E-state index contributed by atoms with van der Waals surface area (Å²) in [4.78, 5) is 38.8. The Kier molecular flexibility index (Phi) is 6.18. The Hall–Kier alpha value is -3.65. The summed E-state index contributed by atoms with van der Waals surface area (Å²) >= 11 is 0. The summed E-state index contributed by atoms with van der Waals surface area (Å²) in [7, 11) is 0. The molecule has 0 spiro atoms. The van der Waals surface area contributed by atoms with E-state index in [-0.39, 0.29) is 17.7 Å². The fourth-order valence-corrected chi connectivity index (χ4v) is 4.30. The van der Waals surface area contributed by atoms with Gasteiger partial charge in [0.05, 0.1) is 24.3 Å². The molecule has 2 atom stereocenters. The first-order chi connectivity index (χ1) is 16.0. The summed E-state index contributed by atoms with van der Waals surface area (Å²) < 4.78 is 6.98. The number of aliphatic hydroxyl groups is 1. The van der Waals surface area contributed by atoms with Crippen LogP contribution >= 0.6 is 0 Å². The van der Waals surface area contributed by atoms with E-state index in [1.54, 1.807) is 26.8 Å². The minimum Gasteiger partial charge on any atom is -0.478 e. The highest BCUT2D eigenvalue weighted by molar-refractivity contribution is 5.94. The lowest BCUT2D eigenvalue weighted by molar-refractivity contribution is -0.0154. The van der Waals surface area contributed by atoms with Gasteiger partial charge in [0.25, 0.3) is 5.56 Å². The van der Waals surface area contributed by atoms with Crippen LogP contribution in [0, 0.1) is 0 Å². The highest BCUT2D eigenvalue weighted by Gasteiger charge is 2.37. The largest absolute Gasteiger partial charge is 0.478 e. The molecule has 4 rings (SSSR count). The van der Waals surface area contributed by atoms with E-state index in [0.29, 0.717) is 23.7 Å². The lowest BCUT2D eigenvalue weighted by atomic mass is 9.91. The highest BCUT2D eigenvalue weighted by Crippen LogP contribution is 2.27. The van der Waals surface area contributed by atoms with Gasteiger partial charge < -0.3 is 19.5 Å². The van der Waals surface area contributed by atoms with Gasteiger partial charge in [-0.2, -0.15) is 0 Å². The molecule has 0 bridgehead atoms. The van der Waals surface area contributed by atoms with Gasteiger partial charge in [0.2, 0.25) is 0 Å². The number of amides is 1. The third kappa shape index (κ3) is 4.82. The van der Waals surface area contributed by atoms with Crippen molar-refractivity contribution in [1.82, 2.24) is 9.47 Å². The standard InChI is InChI=1S/C26H28N2O6/c1-26(2,3)34-25(33)28-14-19-7-5-4-6-16(19)13-21(28)22(29)15-27-11-10-17-12-18(24(31)32)8-9-20(17)23(27)30/h4-12,21-22,29H,13-15H2,1-3H3,(H,31,32). The zero-order valence-corrected chi connectivity index (χ0v) is 19.4. The minimum absolute atomic E-state index is 0.0262. The number of carbonyl (C=O) groups excluding carboxylic acids is 1. The number of ether oxygens (including phenoxy) is 1. The number of carboxylic acid groups (broad SMARTS) is 1. The molecule has 2 N–H and O–H groups in total. The second-order valence-electron chi connectivity index (χ2n) is 9.60. The smallest absolute Gasteiger partial charge is 0.410 e. The van der Waals surface area contributed by atoms with E-state index in [1.807, 2.05) is 24.3 Å². The van der Waals surface area contributed by atoms with Crippen LogP contribution in [0.15, 0.2) is 59.5 Å². The van der Waals surface area contributed by atoms with Gasteiger partial charge in [0.15, 0.2) is 0 Å². The summed E-state index contributed by atoms with van der Waals surface area (Å²) in [6.07, 6.45) is 0.419. The van der Waals surface area contributed by atoms with Crippen LogP contribution in [0.25, 0.3) is 10.8 Å². The van der Waals surface area contributed by atoms with Crippen LogP contribution in [-0.4, -0.2) is 49.5 Å². The molecule has 178 valence electrons. The van der Waals surface area contributed by atoms with Gasteiger partial charge in [-0.15, -0.1) is 0 Å². The second kappa shape index (κ2) is 8.95. The van der Waals surface area contributed by atoms with Crippen molar-refractivity contribution in [2.45, 2.75) is 58.0 Å². The van der Waals surface area contributed by atoms with Crippen LogP contribution in [-0.2, 0) is 24.2 Å². The van der Waals surface area contributed by atoms with Gasteiger partial charge in [-0.25, -0.2) is 9.59 Å². The Labute approximate surface area is 197 Å². The van der Waals surface area contributed by atoms with Gasteiger partial charge in [-0.1, -0.05) is 24.3 Å². The molecule has 0 saturated carbocycles. The Balaban J connectivity index is 1.64. The molecule has 2 aromatic carbocycles. The number of aromatic nitrogens is 1. The molecular weight excluding hydrogens is 436 g/mol. The maximum absolute atomic E-state index is 13.0. The predicted molar refractivity (Wildman–Crippen MR) is 127 cm³/mol. The maximum Gasteiger partial charge on any atom is 0.410 e. The van der Waals surface area contributed by atoms with Gasteiger partial charge in [-0.3, -0.25) is 9.69 Å². The monoisotopic (exact) mass is 464 g/mol. The third-order valence-corrected chi connectivity index (χ3v) is 5.97. The molecule has 0 fully saturated rings. The van der Waals surface area contributed by atoms with Gasteiger partial charge >= 0.3 is 12.1 Å². The van der Waals surface area contributed by atoms with Crippen LogP contribution in [0.2, 0.25) is 0 Å². The number of pyridine rings is 1. The fourth-order valence-electron chi connectivity index (χ4n) is 4.30. The van der Waals surface area contributed by atoms with Crippen LogP contribution in [0.4, 0.5) is 4.79 Å². The Morgan fingerprint density at radius 2 is 1.82 bits per heavy atom. The number of nitrogens with zero attached hydrogens (tertiary/aromatic N) is 2. The first-order valence-corrected chi connectivity index (χ1v) is 11.1. The Bertz CT molecular complexity index is 1310. The quantitative estimate of drug-likeness (QED) is 0.612. The molecule has 0 aliphatic carbocycles. The molecule has 1 aliphatic rings. The number of carbonyl (C=O) groups is 2. The number of carboxylic acids is 1. The van der Waals surface area contributed by atoms with Gasteiger partial charge in [0, 0.05) is 18.1 Å². The van der Waals surface area contributed by atoms with Crippen LogP contribution in [0.5, 0.6) is 0 Å². The highest BCUT2D eigenvalue weighted by atomic mass is 16.6. The normalized spacial score (nSPS) is 16.7. The van der Waals surface area contributed by atoms with Crippen LogP contribution in [0.1, 0.15) is 42.3 Å². The lowest BCUT2D eigenvalue weighted by Crippen LogP contribution is -2.53. The molecule has 1 aliphatic heterocycles. The molecule has 3 aromatic rings. The lowest BCUT2D eigenvalue weighted by Gasteiger charge is -2.40. The van der Waals surface area contributed by atoms with Crippen molar-refractivity contribution in [3.63, 3.8) is 0 Å². The first kappa shape index (κ1) is 23.5. The molecule has 2 heterocycles. The molecule has 0 radical (unpaired) electrons. The van der Waals surface area contributed by atoms with E-state index >= 15 is 0 Å².